The first kappa shape index (κ1) is 17.6. The summed E-state index contributed by atoms with van der Waals surface area (Å²) in [4.78, 5) is 18.4. The van der Waals surface area contributed by atoms with Gasteiger partial charge >= 0.3 is 6.18 Å². The molecule has 1 saturated heterocycles. The van der Waals surface area contributed by atoms with E-state index in [0.717, 1.165) is 12.1 Å². The fourth-order valence-corrected chi connectivity index (χ4v) is 3.74. The summed E-state index contributed by atoms with van der Waals surface area (Å²) in [6, 6.07) is 7.08. The van der Waals surface area contributed by atoms with Crippen molar-refractivity contribution >= 4 is 16.9 Å². The van der Waals surface area contributed by atoms with Gasteiger partial charge in [0.25, 0.3) is 5.91 Å². The van der Waals surface area contributed by atoms with Crippen molar-refractivity contribution in [2.75, 3.05) is 13.1 Å². The van der Waals surface area contributed by atoms with Crippen LogP contribution in [0.3, 0.4) is 0 Å². The van der Waals surface area contributed by atoms with Gasteiger partial charge in [-0.2, -0.15) is 13.2 Å². The van der Waals surface area contributed by atoms with Crippen LogP contribution in [0.1, 0.15) is 40.8 Å². The number of nitrogens with zero attached hydrogens (tertiary/aromatic N) is 3. The van der Waals surface area contributed by atoms with Crippen LogP contribution in [0.5, 0.6) is 0 Å². The second kappa shape index (κ2) is 6.44. The van der Waals surface area contributed by atoms with Gasteiger partial charge in [-0.05, 0) is 50.1 Å². The highest BCUT2D eigenvalue weighted by atomic mass is 19.4. The summed E-state index contributed by atoms with van der Waals surface area (Å²) in [6.45, 7) is 2.92. The number of amides is 1. The monoisotopic (exact) mass is 377 g/mol. The van der Waals surface area contributed by atoms with Crippen molar-refractivity contribution in [3.63, 3.8) is 0 Å². The number of aromatic nitrogens is 2. The molecule has 1 amide bonds. The molecule has 27 heavy (non-hydrogen) atoms. The van der Waals surface area contributed by atoms with E-state index in [4.69, 9.17) is 4.42 Å². The quantitative estimate of drug-likeness (QED) is 0.664. The zero-order chi connectivity index (χ0) is 19.2. The fourth-order valence-electron chi connectivity index (χ4n) is 3.74. The maximum absolute atomic E-state index is 12.9. The number of carbonyl (C=O) groups is 1. The van der Waals surface area contributed by atoms with Crippen LogP contribution in [-0.4, -0.2) is 33.4 Å². The van der Waals surface area contributed by atoms with E-state index in [1.54, 1.807) is 24.0 Å². The lowest BCUT2D eigenvalue weighted by Gasteiger charge is -2.33. The zero-order valence-electron chi connectivity index (χ0n) is 14.7. The molecule has 3 heterocycles. The number of hydrogen-bond acceptors (Lipinski definition) is 3. The highest BCUT2D eigenvalue weighted by Crippen LogP contribution is 2.34. The lowest BCUT2D eigenvalue weighted by molar-refractivity contribution is -0.137. The van der Waals surface area contributed by atoms with Crippen LogP contribution in [0.4, 0.5) is 13.2 Å². The Morgan fingerprint density at radius 1 is 1.22 bits per heavy atom. The van der Waals surface area contributed by atoms with Gasteiger partial charge < -0.3 is 13.9 Å². The topological polar surface area (TPSA) is 51.3 Å². The molecule has 0 saturated carbocycles. The Balaban J connectivity index is 1.55. The Kier molecular flexibility index (Phi) is 4.20. The van der Waals surface area contributed by atoms with Crippen molar-refractivity contribution < 1.29 is 22.4 Å². The third-order valence-electron chi connectivity index (χ3n) is 5.04. The highest BCUT2D eigenvalue weighted by molar-refractivity contribution is 5.91. The molecule has 0 atom stereocenters. The Hall–Kier alpha value is -2.77. The summed E-state index contributed by atoms with van der Waals surface area (Å²) in [5, 5.41) is 0. The fraction of sp³-hybridized carbons (Fsp3) is 0.368. The number of carbonyl (C=O) groups excluding carboxylic acids is 1. The molecule has 2 aromatic heterocycles. The van der Waals surface area contributed by atoms with Crippen LogP contribution in [0, 0.1) is 6.92 Å². The maximum Gasteiger partial charge on any atom is 0.416 e. The van der Waals surface area contributed by atoms with Crippen molar-refractivity contribution in [1.82, 2.24) is 14.5 Å². The summed E-state index contributed by atoms with van der Waals surface area (Å²) >= 11 is 0. The van der Waals surface area contributed by atoms with Crippen LogP contribution in [0.2, 0.25) is 0 Å². The van der Waals surface area contributed by atoms with Gasteiger partial charge in [-0.25, -0.2) is 4.98 Å². The molecule has 1 fully saturated rings. The molecule has 1 aliphatic rings. The molecule has 0 radical (unpaired) electrons. The number of benzene rings is 1. The van der Waals surface area contributed by atoms with Gasteiger partial charge in [0.1, 0.15) is 5.82 Å². The van der Waals surface area contributed by atoms with E-state index in [1.165, 1.54) is 12.3 Å². The number of rotatable bonds is 2. The molecule has 1 aromatic carbocycles. The van der Waals surface area contributed by atoms with E-state index in [9.17, 15) is 18.0 Å². The molecule has 0 aliphatic carbocycles. The molecule has 0 spiro atoms. The van der Waals surface area contributed by atoms with Gasteiger partial charge in [0.2, 0.25) is 0 Å². The summed E-state index contributed by atoms with van der Waals surface area (Å²) in [6.07, 6.45) is -1.50. The van der Waals surface area contributed by atoms with Gasteiger partial charge in [0.15, 0.2) is 5.76 Å². The Morgan fingerprint density at radius 3 is 2.59 bits per heavy atom. The lowest BCUT2D eigenvalue weighted by Crippen LogP contribution is -2.39. The number of hydrogen-bond donors (Lipinski definition) is 0. The molecule has 5 nitrogen and oxygen atoms in total. The largest absolute Gasteiger partial charge is 0.459 e. The predicted molar refractivity (Wildman–Crippen MR) is 92.4 cm³/mol. The van der Waals surface area contributed by atoms with Crippen LogP contribution < -0.4 is 0 Å². The van der Waals surface area contributed by atoms with E-state index >= 15 is 0 Å². The van der Waals surface area contributed by atoms with E-state index in [-0.39, 0.29) is 11.9 Å². The number of fused-ring (bicyclic) bond motifs is 1. The molecule has 0 unspecified atom stereocenters. The number of piperidine rings is 1. The smallest absolute Gasteiger partial charge is 0.416 e. The summed E-state index contributed by atoms with van der Waals surface area (Å²) in [5.41, 5.74) is 0.339. The summed E-state index contributed by atoms with van der Waals surface area (Å²) in [5.74, 6) is 0.859. The Bertz CT molecular complexity index is 968. The highest BCUT2D eigenvalue weighted by Gasteiger charge is 2.32. The molecule has 142 valence electrons. The first-order chi connectivity index (χ1) is 12.8. The van der Waals surface area contributed by atoms with E-state index in [0.29, 0.717) is 48.5 Å². The van der Waals surface area contributed by atoms with Crippen molar-refractivity contribution in [3.05, 3.63) is 53.7 Å². The first-order valence-electron chi connectivity index (χ1n) is 8.73. The van der Waals surface area contributed by atoms with Gasteiger partial charge in [-0.1, -0.05) is 0 Å². The average Bonchev–Trinajstić information content (AvgIpc) is 3.27. The van der Waals surface area contributed by atoms with Crippen molar-refractivity contribution in [2.24, 2.45) is 0 Å². The minimum absolute atomic E-state index is 0.0902. The number of halogens is 3. The molecule has 0 N–H and O–H groups in total. The van der Waals surface area contributed by atoms with Crippen LogP contribution >= 0.6 is 0 Å². The molecular weight excluding hydrogens is 359 g/mol. The molecular formula is C19H18F3N3O2. The average molecular weight is 377 g/mol. The molecule has 3 aromatic rings. The molecule has 1 aliphatic heterocycles. The van der Waals surface area contributed by atoms with Crippen molar-refractivity contribution in [1.29, 1.82) is 0 Å². The van der Waals surface area contributed by atoms with E-state index in [1.807, 2.05) is 4.57 Å². The Morgan fingerprint density at radius 2 is 1.96 bits per heavy atom. The summed E-state index contributed by atoms with van der Waals surface area (Å²) < 4.78 is 46.0. The zero-order valence-corrected chi connectivity index (χ0v) is 14.7. The molecule has 4 rings (SSSR count). The van der Waals surface area contributed by atoms with Gasteiger partial charge in [-0.3, -0.25) is 4.79 Å². The van der Waals surface area contributed by atoms with Gasteiger partial charge in [0, 0.05) is 19.1 Å². The van der Waals surface area contributed by atoms with E-state index in [2.05, 4.69) is 4.98 Å². The number of likely N-dealkylation sites (tertiary alicyclic amines) is 1. The van der Waals surface area contributed by atoms with Crippen LogP contribution in [0.25, 0.3) is 11.0 Å². The number of imidazole rings is 1. The first-order valence-corrected chi connectivity index (χ1v) is 8.73. The number of furan rings is 1. The second-order valence-corrected chi connectivity index (χ2v) is 6.73. The minimum Gasteiger partial charge on any atom is -0.459 e. The number of aryl methyl sites for hydroxylation is 1. The van der Waals surface area contributed by atoms with Crippen LogP contribution in [0.15, 0.2) is 41.0 Å². The SMILES string of the molecule is Cc1nc2cc(C(F)(F)F)ccc2n1C1CCN(C(=O)c2ccco2)CC1. The third kappa shape index (κ3) is 3.20. The standard InChI is InChI=1S/C19H18F3N3O2/c1-12-23-15-11-13(19(20,21)22)4-5-16(15)25(12)14-6-8-24(9-7-14)18(26)17-3-2-10-27-17/h2-5,10-11,14H,6-9H2,1H3. The number of alkyl halides is 3. The van der Waals surface area contributed by atoms with Crippen molar-refractivity contribution in [3.8, 4) is 0 Å². The molecule has 0 bridgehead atoms. The maximum atomic E-state index is 12.9. The second-order valence-electron chi connectivity index (χ2n) is 6.73. The predicted octanol–water partition coefficient (Wildman–Crippen LogP) is 4.43. The normalized spacial score (nSPS) is 16.2. The lowest BCUT2D eigenvalue weighted by atomic mass is 10.0. The molecule has 8 heteroatoms. The third-order valence-corrected chi connectivity index (χ3v) is 5.04. The van der Waals surface area contributed by atoms with Crippen LogP contribution in [-0.2, 0) is 6.18 Å². The van der Waals surface area contributed by atoms with E-state index < -0.39 is 11.7 Å². The summed E-state index contributed by atoms with van der Waals surface area (Å²) in [7, 11) is 0. The minimum atomic E-state index is -4.39. The Labute approximate surface area is 153 Å². The van der Waals surface area contributed by atoms with Gasteiger partial charge in [0.05, 0.1) is 22.9 Å². The van der Waals surface area contributed by atoms with Crippen molar-refractivity contribution in [2.45, 2.75) is 32.0 Å². The van der Waals surface area contributed by atoms with Gasteiger partial charge in [-0.15, -0.1) is 0 Å².